The van der Waals surface area contributed by atoms with E-state index in [0.717, 1.165) is 12.6 Å². The van der Waals surface area contributed by atoms with E-state index in [4.69, 9.17) is 0 Å². The quantitative estimate of drug-likeness (QED) is 0.746. The lowest BCUT2D eigenvalue weighted by Gasteiger charge is -2.43. The molecule has 0 radical (unpaired) electrons. The topological polar surface area (TPSA) is 15.3 Å². The lowest BCUT2D eigenvalue weighted by Crippen LogP contribution is -2.50. The zero-order chi connectivity index (χ0) is 13.8. The van der Waals surface area contributed by atoms with Crippen molar-refractivity contribution in [2.24, 2.45) is 5.41 Å². The van der Waals surface area contributed by atoms with E-state index in [1.165, 1.54) is 38.6 Å². The summed E-state index contributed by atoms with van der Waals surface area (Å²) in [5, 5.41) is 3.72. The van der Waals surface area contributed by atoms with E-state index in [1.807, 2.05) is 0 Å². The van der Waals surface area contributed by atoms with Crippen LogP contribution in [0.5, 0.6) is 0 Å². The zero-order valence-corrected chi connectivity index (χ0v) is 13.5. The first-order valence-electron chi connectivity index (χ1n) is 7.77. The molecule has 0 unspecified atom stereocenters. The van der Waals surface area contributed by atoms with Crippen LogP contribution in [0.1, 0.15) is 66.7 Å². The van der Waals surface area contributed by atoms with Crippen LogP contribution in [0.4, 0.5) is 0 Å². The Balaban J connectivity index is 2.54. The van der Waals surface area contributed by atoms with Gasteiger partial charge in [-0.15, -0.1) is 0 Å². The summed E-state index contributed by atoms with van der Waals surface area (Å²) in [5.74, 6) is 0. The van der Waals surface area contributed by atoms with Gasteiger partial charge in [0.05, 0.1) is 0 Å². The molecule has 2 heteroatoms. The highest BCUT2D eigenvalue weighted by molar-refractivity contribution is 4.88. The van der Waals surface area contributed by atoms with Crippen LogP contribution in [0.3, 0.4) is 0 Å². The lowest BCUT2D eigenvalue weighted by molar-refractivity contribution is 0.0811. The van der Waals surface area contributed by atoms with Crippen molar-refractivity contribution in [2.45, 2.75) is 78.3 Å². The summed E-state index contributed by atoms with van der Waals surface area (Å²) in [6.45, 7) is 13.9. The average molecular weight is 254 g/mol. The Morgan fingerprint density at radius 1 is 1.11 bits per heavy atom. The minimum atomic E-state index is 0.227. The van der Waals surface area contributed by atoms with Gasteiger partial charge in [0.2, 0.25) is 0 Å². The maximum Gasteiger partial charge on any atom is 0.00967 e. The Kier molecular flexibility index (Phi) is 5.67. The van der Waals surface area contributed by atoms with Crippen molar-refractivity contribution in [3.63, 3.8) is 0 Å². The second kappa shape index (κ2) is 6.38. The fourth-order valence-electron chi connectivity index (χ4n) is 2.72. The lowest BCUT2D eigenvalue weighted by atomic mass is 9.79. The molecule has 0 amide bonds. The van der Waals surface area contributed by atoms with Crippen LogP contribution >= 0.6 is 0 Å². The third-order valence-electron chi connectivity index (χ3n) is 4.78. The van der Waals surface area contributed by atoms with Crippen LogP contribution in [0.15, 0.2) is 0 Å². The molecule has 1 aliphatic carbocycles. The summed E-state index contributed by atoms with van der Waals surface area (Å²) in [7, 11) is 2.32. The highest BCUT2D eigenvalue weighted by atomic mass is 15.1. The fraction of sp³-hybridized carbons (Fsp3) is 1.00. The van der Waals surface area contributed by atoms with Crippen LogP contribution in [0.25, 0.3) is 0 Å². The largest absolute Gasteiger partial charge is 0.311 e. The first kappa shape index (κ1) is 16.0. The van der Waals surface area contributed by atoms with Crippen molar-refractivity contribution in [1.82, 2.24) is 10.2 Å². The first-order valence-corrected chi connectivity index (χ1v) is 7.77. The number of nitrogens with one attached hydrogen (secondary N) is 1. The summed E-state index contributed by atoms with van der Waals surface area (Å²) in [4.78, 5) is 2.61. The Morgan fingerprint density at radius 2 is 1.67 bits per heavy atom. The predicted octanol–water partition coefficient (Wildman–Crippen LogP) is 3.67. The summed E-state index contributed by atoms with van der Waals surface area (Å²) >= 11 is 0. The van der Waals surface area contributed by atoms with Gasteiger partial charge >= 0.3 is 0 Å². The van der Waals surface area contributed by atoms with Gasteiger partial charge in [-0.05, 0) is 58.9 Å². The second-order valence-electron chi connectivity index (χ2n) is 7.31. The zero-order valence-electron chi connectivity index (χ0n) is 13.5. The van der Waals surface area contributed by atoms with Crippen molar-refractivity contribution < 1.29 is 0 Å². The molecule has 0 aromatic carbocycles. The third-order valence-corrected chi connectivity index (χ3v) is 4.78. The van der Waals surface area contributed by atoms with Crippen molar-refractivity contribution in [3.8, 4) is 0 Å². The Labute approximate surface area is 115 Å². The highest BCUT2D eigenvalue weighted by Crippen LogP contribution is 2.31. The van der Waals surface area contributed by atoms with Crippen molar-refractivity contribution in [1.29, 1.82) is 0 Å². The van der Waals surface area contributed by atoms with Crippen molar-refractivity contribution in [3.05, 3.63) is 0 Å². The first-order chi connectivity index (χ1) is 8.32. The third kappa shape index (κ3) is 4.55. The molecule has 0 aliphatic heterocycles. The molecule has 0 saturated heterocycles. The molecule has 0 heterocycles. The van der Waals surface area contributed by atoms with Crippen LogP contribution in [-0.4, -0.2) is 36.6 Å². The van der Waals surface area contributed by atoms with Crippen molar-refractivity contribution in [2.75, 3.05) is 20.1 Å². The van der Waals surface area contributed by atoms with Gasteiger partial charge in [0.25, 0.3) is 0 Å². The van der Waals surface area contributed by atoms with E-state index >= 15 is 0 Å². The molecular weight excluding hydrogens is 220 g/mol. The van der Waals surface area contributed by atoms with Gasteiger partial charge in [-0.1, -0.05) is 20.3 Å². The van der Waals surface area contributed by atoms with E-state index in [1.54, 1.807) is 0 Å². The van der Waals surface area contributed by atoms with E-state index < -0.39 is 0 Å². The highest BCUT2D eigenvalue weighted by Gasteiger charge is 2.32. The molecule has 18 heavy (non-hydrogen) atoms. The molecule has 2 nitrogen and oxygen atoms in total. The maximum absolute atomic E-state index is 3.72. The molecule has 0 aromatic rings. The van der Waals surface area contributed by atoms with Gasteiger partial charge in [-0.25, -0.2) is 0 Å². The summed E-state index contributed by atoms with van der Waals surface area (Å²) in [5.41, 5.74) is 0.669. The number of hydrogen-bond donors (Lipinski definition) is 1. The minimum absolute atomic E-state index is 0.227. The molecule has 0 aromatic heterocycles. The summed E-state index contributed by atoms with van der Waals surface area (Å²) < 4.78 is 0. The van der Waals surface area contributed by atoms with Crippen molar-refractivity contribution >= 4 is 0 Å². The van der Waals surface area contributed by atoms with E-state index in [9.17, 15) is 0 Å². The Hall–Kier alpha value is -0.0800. The van der Waals surface area contributed by atoms with Crippen LogP contribution in [-0.2, 0) is 0 Å². The smallest absolute Gasteiger partial charge is 0.00967 e. The van der Waals surface area contributed by atoms with Gasteiger partial charge in [-0.3, -0.25) is 0 Å². The minimum Gasteiger partial charge on any atom is -0.311 e. The van der Waals surface area contributed by atoms with Gasteiger partial charge in [0, 0.05) is 24.7 Å². The summed E-state index contributed by atoms with van der Waals surface area (Å²) in [6.07, 6.45) is 6.78. The molecule has 0 atom stereocenters. The summed E-state index contributed by atoms with van der Waals surface area (Å²) in [6, 6.07) is 0.858. The molecule has 108 valence electrons. The number of nitrogens with zero attached hydrogens (tertiary/aromatic N) is 1. The van der Waals surface area contributed by atoms with Gasteiger partial charge in [0.15, 0.2) is 0 Å². The Bertz CT molecular complexity index is 234. The van der Waals surface area contributed by atoms with E-state index in [2.05, 4.69) is 51.9 Å². The maximum atomic E-state index is 3.72. The molecule has 1 rings (SSSR count). The van der Waals surface area contributed by atoms with E-state index in [-0.39, 0.29) is 5.54 Å². The molecule has 1 aliphatic rings. The molecule has 1 fully saturated rings. The normalized spacial score (nSPS) is 18.2. The molecular formula is C16H34N2. The molecule has 1 N–H and O–H groups in total. The number of hydrogen-bond acceptors (Lipinski definition) is 2. The monoisotopic (exact) mass is 254 g/mol. The predicted molar refractivity (Wildman–Crippen MR) is 81.0 cm³/mol. The van der Waals surface area contributed by atoms with E-state index in [0.29, 0.717) is 5.41 Å². The van der Waals surface area contributed by atoms with Gasteiger partial charge in [-0.2, -0.15) is 0 Å². The van der Waals surface area contributed by atoms with Gasteiger partial charge in [0.1, 0.15) is 0 Å². The number of rotatable bonds is 7. The molecule has 1 saturated carbocycles. The standard InChI is InChI=1S/C16H34N2/c1-7-16(8-2,12-17-15(3,4)5)13-18(6)14-10-9-11-14/h14,17H,7-13H2,1-6H3. The SMILES string of the molecule is CCC(CC)(CNC(C)(C)C)CN(C)C1CCC1. The average Bonchev–Trinajstić information content (AvgIpc) is 2.20. The van der Waals surface area contributed by atoms with Gasteiger partial charge < -0.3 is 10.2 Å². The van der Waals surface area contributed by atoms with Crippen LogP contribution in [0, 0.1) is 5.41 Å². The second-order valence-corrected chi connectivity index (χ2v) is 7.31. The molecule has 0 bridgehead atoms. The van der Waals surface area contributed by atoms with Crippen LogP contribution < -0.4 is 5.32 Å². The fourth-order valence-corrected chi connectivity index (χ4v) is 2.72. The molecule has 0 spiro atoms. The Morgan fingerprint density at radius 3 is 2.00 bits per heavy atom. The van der Waals surface area contributed by atoms with Crippen LogP contribution in [0.2, 0.25) is 0 Å².